The molecule has 1 aromatic rings. The summed E-state index contributed by atoms with van der Waals surface area (Å²) in [4.78, 5) is 11.8. The summed E-state index contributed by atoms with van der Waals surface area (Å²) in [5.41, 5.74) is -0.822. The molecule has 0 aliphatic carbocycles. The molecule has 4 nitrogen and oxygen atoms in total. The monoisotopic (exact) mass is 260 g/mol. The van der Waals surface area contributed by atoms with Gasteiger partial charge in [-0.1, -0.05) is 6.92 Å². The number of nitrogens with one attached hydrogen (secondary N) is 1. The number of nitrogens with zero attached hydrogens (tertiary/aromatic N) is 1. The smallest absolute Gasteiger partial charge is 0.268 e. The van der Waals surface area contributed by atoms with Crippen LogP contribution in [0.5, 0.6) is 0 Å². The van der Waals surface area contributed by atoms with E-state index in [2.05, 4.69) is 5.32 Å². The van der Waals surface area contributed by atoms with Crippen LogP contribution in [0.4, 0.5) is 8.78 Å². The summed E-state index contributed by atoms with van der Waals surface area (Å²) in [6, 6.07) is 3.01. The van der Waals surface area contributed by atoms with Gasteiger partial charge in [0.1, 0.15) is 5.69 Å². The number of carbonyl (C=O) groups is 1. The number of hydrogen-bond acceptors (Lipinski definition) is 2. The summed E-state index contributed by atoms with van der Waals surface area (Å²) in [7, 11) is 0. The van der Waals surface area contributed by atoms with Gasteiger partial charge in [-0.2, -0.15) is 0 Å². The lowest BCUT2D eigenvalue weighted by Gasteiger charge is -2.21. The van der Waals surface area contributed by atoms with Gasteiger partial charge >= 0.3 is 0 Å². The van der Waals surface area contributed by atoms with Crippen molar-refractivity contribution in [2.45, 2.75) is 38.8 Å². The largest absolute Gasteiger partial charge is 0.388 e. The van der Waals surface area contributed by atoms with Crippen LogP contribution >= 0.6 is 0 Å². The minimum Gasteiger partial charge on any atom is -0.388 e. The van der Waals surface area contributed by atoms with Crippen molar-refractivity contribution < 1.29 is 18.7 Å². The average molecular weight is 260 g/mol. The van der Waals surface area contributed by atoms with Crippen molar-refractivity contribution in [1.29, 1.82) is 0 Å². The third kappa shape index (κ3) is 4.10. The molecule has 1 atom stereocenters. The Bertz CT molecular complexity index is 403. The number of aromatic nitrogens is 1. The second kappa shape index (κ2) is 5.95. The molecule has 1 amide bonds. The van der Waals surface area contributed by atoms with Gasteiger partial charge in [-0.3, -0.25) is 4.79 Å². The number of carbonyl (C=O) groups excluding carboxylic acids is 1. The number of halogens is 2. The maximum atomic E-state index is 12.3. The van der Waals surface area contributed by atoms with Crippen molar-refractivity contribution in [3.05, 3.63) is 24.0 Å². The molecule has 0 fully saturated rings. The van der Waals surface area contributed by atoms with E-state index in [-0.39, 0.29) is 12.2 Å². The van der Waals surface area contributed by atoms with Crippen molar-refractivity contribution in [3.8, 4) is 0 Å². The van der Waals surface area contributed by atoms with Crippen LogP contribution in [0.25, 0.3) is 0 Å². The maximum absolute atomic E-state index is 12.3. The van der Waals surface area contributed by atoms with Crippen molar-refractivity contribution in [1.82, 2.24) is 9.88 Å². The zero-order valence-electron chi connectivity index (χ0n) is 10.5. The fraction of sp³-hybridized carbons (Fsp3) is 0.583. The zero-order valence-corrected chi connectivity index (χ0v) is 10.5. The first-order chi connectivity index (χ1) is 8.35. The van der Waals surface area contributed by atoms with Gasteiger partial charge in [-0.15, -0.1) is 0 Å². The van der Waals surface area contributed by atoms with Gasteiger partial charge < -0.3 is 15.0 Å². The summed E-state index contributed by atoms with van der Waals surface area (Å²) >= 11 is 0. The van der Waals surface area contributed by atoms with Crippen LogP contribution in [0.1, 0.15) is 30.8 Å². The second-order valence-corrected chi connectivity index (χ2v) is 4.47. The molecule has 1 heterocycles. The van der Waals surface area contributed by atoms with Crippen LogP contribution in [0.15, 0.2) is 18.3 Å². The topological polar surface area (TPSA) is 54.3 Å². The van der Waals surface area contributed by atoms with E-state index in [0.717, 1.165) is 0 Å². The number of hydrogen-bond donors (Lipinski definition) is 2. The van der Waals surface area contributed by atoms with Crippen molar-refractivity contribution in [3.63, 3.8) is 0 Å². The van der Waals surface area contributed by atoms with Gasteiger partial charge in [0, 0.05) is 12.7 Å². The Balaban J connectivity index is 2.65. The van der Waals surface area contributed by atoms with Crippen LogP contribution in [-0.4, -0.2) is 34.2 Å². The predicted molar refractivity (Wildman–Crippen MR) is 63.7 cm³/mol. The van der Waals surface area contributed by atoms with Crippen LogP contribution in [0.3, 0.4) is 0 Å². The quantitative estimate of drug-likeness (QED) is 0.817. The molecule has 0 aromatic carbocycles. The van der Waals surface area contributed by atoms with E-state index in [0.29, 0.717) is 6.42 Å². The fourth-order valence-electron chi connectivity index (χ4n) is 1.41. The Morgan fingerprint density at radius 2 is 2.28 bits per heavy atom. The average Bonchev–Trinajstić information content (AvgIpc) is 2.73. The third-order valence-corrected chi connectivity index (χ3v) is 2.79. The minimum absolute atomic E-state index is 0.0855. The molecule has 0 bridgehead atoms. The highest BCUT2D eigenvalue weighted by atomic mass is 19.3. The zero-order chi connectivity index (χ0) is 13.8. The molecule has 1 unspecified atom stereocenters. The molecular formula is C12H18F2N2O2. The van der Waals surface area contributed by atoms with E-state index >= 15 is 0 Å². The lowest BCUT2D eigenvalue weighted by atomic mass is 10.0. The highest BCUT2D eigenvalue weighted by Gasteiger charge is 2.20. The number of rotatable bonds is 6. The molecule has 0 saturated heterocycles. The number of aliphatic hydroxyl groups is 1. The van der Waals surface area contributed by atoms with Crippen molar-refractivity contribution in [2.75, 3.05) is 6.54 Å². The van der Waals surface area contributed by atoms with Crippen molar-refractivity contribution in [2.24, 2.45) is 0 Å². The first-order valence-corrected chi connectivity index (χ1v) is 5.79. The van der Waals surface area contributed by atoms with Gasteiger partial charge in [0.25, 0.3) is 12.3 Å². The second-order valence-electron chi connectivity index (χ2n) is 4.47. The van der Waals surface area contributed by atoms with Gasteiger partial charge in [-0.05, 0) is 25.5 Å². The first kappa shape index (κ1) is 14.6. The Hall–Kier alpha value is -1.43. The lowest BCUT2D eigenvalue weighted by Crippen LogP contribution is -2.40. The Morgan fingerprint density at radius 1 is 1.61 bits per heavy atom. The lowest BCUT2D eigenvalue weighted by molar-refractivity contribution is 0.0514. The van der Waals surface area contributed by atoms with E-state index in [1.807, 2.05) is 0 Å². The fourth-order valence-corrected chi connectivity index (χ4v) is 1.41. The maximum Gasteiger partial charge on any atom is 0.268 e. The molecule has 2 N–H and O–H groups in total. The predicted octanol–water partition coefficient (Wildman–Crippen LogP) is 1.64. The molecule has 0 aliphatic rings. The van der Waals surface area contributed by atoms with Crippen molar-refractivity contribution >= 4 is 5.91 Å². The van der Waals surface area contributed by atoms with Gasteiger partial charge in [0.05, 0.1) is 12.1 Å². The molecule has 102 valence electrons. The summed E-state index contributed by atoms with van der Waals surface area (Å²) < 4.78 is 25.8. The van der Waals surface area contributed by atoms with Crippen LogP contribution in [0.2, 0.25) is 0 Å². The van der Waals surface area contributed by atoms with E-state index in [1.54, 1.807) is 13.8 Å². The van der Waals surface area contributed by atoms with Crippen LogP contribution in [0, 0.1) is 0 Å². The van der Waals surface area contributed by atoms with E-state index in [9.17, 15) is 18.7 Å². The Kier molecular flexibility index (Phi) is 4.84. The van der Waals surface area contributed by atoms with E-state index < -0.39 is 24.5 Å². The van der Waals surface area contributed by atoms with Crippen LogP contribution in [-0.2, 0) is 6.54 Å². The van der Waals surface area contributed by atoms with Crippen LogP contribution < -0.4 is 5.32 Å². The molecule has 18 heavy (non-hydrogen) atoms. The SMILES string of the molecule is CCC(C)(O)CNC(=O)c1cccn1CC(F)F. The summed E-state index contributed by atoms with van der Waals surface area (Å²) in [6.45, 7) is 2.97. The minimum atomic E-state index is -2.51. The third-order valence-electron chi connectivity index (χ3n) is 2.79. The summed E-state index contributed by atoms with van der Waals surface area (Å²) in [5, 5.41) is 12.3. The van der Waals surface area contributed by atoms with Gasteiger partial charge in [-0.25, -0.2) is 8.78 Å². The Labute approximate surface area is 105 Å². The molecule has 0 radical (unpaired) electrons. The van der Waals surface area contributed by atoms with Gasteiger partial charge in [0.15, 0.2) is 0 Å². The molecule has 0 saturated carbocycles. The van der Waals surface area contributed by atoms with E-state index in [4.69, 9.17) is 0 Å². The molecular weight excluding hydrogens is 242 g/mol. The van der Waals surface area contributed by atoms with Gasteiger partial charge in [0.2, 0.25) is 0 Å². The highest BCUT2D eigenvalue weighted by molar-refractivity contribution is 5.92. The number of alkyl halides is 2. The number of amides is 1. The molecule has 0 spiro atoms. The molecule has 6 heteroatoms. The standard InChI is InChI=1S/C12H18F2N2O2/c1-3-12(2,18)8-15-11(17)9-5-4-6-16(9)7-10(13)14/h4-6,10,18H,3,7-8H2,1-2H3,(H,15,17). The molecule has 1 rings (SSSR count). The Morgan fingerprint density at radius 3 is 2.83 bits per heavy atom. The normalized spacial score (nSPS) is 14.6. The summed E-state index contributed by atoms with van der Waals surface area (Å²) in [6.07, 6.45) is -0.590. The molecule has 0 aliphatic heterocycles. The highest BCUT2D eigenvalue weighted by Crippen LogP contribution is 2.09. The van der Waals surface area contributed by atoms with E-state index in [1.165, 1.54) is 22.9 Å². The first-order valence-electron chi connectivity index (χ1n) is 5.79. The summed E-state index contributed by atoms with van der Waals surface area (Å²) in [5.74, 6) is -0.464. The molecule has 1 aromatic heterocycles.